The number of aromatic nitrogens is 1. The molecule has 0 saturated heterocycles. The number of hydrogen-bond acceptors (Lipinski definition) is 5. The molecule has 0 amide bonds. The van der Waals surface area contributed by atoms with Crippen LogP contribution in [0.25, 0.3) is 0 Å². The Kier molecular flexibility index (Phi) is 5.45. The standard InChI is InChI=1S/C10H17N3OS/c1-8(4-5-14)15-7-9-2-3-10(13-11)12-6-9/h2-3,6,8,14H,4-5,7,11H2,1H3,(H,12,13). The van der Waals surface area contributed by atoms with E-state index in [-0.39, 0.29) is 6.61 Å². The van der Waals surface area contributed by atoms with Gasteiger partial charge in [-0.05, 0) is 18.1 Å². The highest BCUT2D eigenvalue weighted by Gasteiger charge is 2.02. The molecule has 4 nitrogen and oxygen atoms in total. The highest BCUT2D eigenvalue weighted by Crippen LogP contribution is 2.19. The normalized spacial score (nSPS) is 12.5. The van der Waals surface area contributed by atoms with Crippen molar-refractivity contribution in [1.29, 1.82) is 0 Å². The summed E-state index contributed by atoms with van der Waals surface area (Å²) in [6.45, 7) is 2.37. The second-order valence-corrected chi connectivity index (χ2v) is 4.76. The van der Waals surface area contributed by atoms with Gasteiger partial charge < -0.3 is 10.5 Å². The maximum atomic E-state index is 8.75. The molecule has 0 aliphatic rings. The minimum absolute atomic E-state index is 0.252. The maximum absolute atomic E-state index is 8.75. The Balaban J connectivity index is 2.37. The van der Waals surface area contributed by atoms with Gasteiger partial charge in [-0.1, -0.05) is 13.0 Å². The molecule has 0 saturated carbocycles. The summed E-state index contributed by atoms with van der Waals surface area (Å²) in [6.07, 6.45) is 2.65. The molecule has 0 radical (unpaired) electrons. The number of aliphatic hydroxyl groups is 1. The first-order valence-corrected chi connectivity index (χ1v) is 5.95. The number of pyridine rings is 1. The van der Waals surface area contributed by atoms with Crippen LogP contribution < -0.4 is 11.3 Å². The molecule has 1 atom stereocenters. The number of aliphatic hydroxyl groups excluding tert-OH is 1. The van der Waals surface area contributed by atoms with Gasteiger partial charge in [-0.15, -0.1) is 0 Å². The Morgan fingerprint density at radius 1 is 1.60 bits per heavy atom. The average Bonchev–Trinajstić information content (AvgIpc) is 2.27. The topological polar surface area (TPSA) is 71.2 Å². The van der Waals surface area contributed by atoms with Crippen LogP contribution in [0.2, 0.25) is 0 Å². The second kappa shape index (κ2) is 6.66. The maximum Gasteiger partial charge on any atom is 0.139 e. The van der Waals surface area contributed by atoms with Crippen molar-refractivity contribution in [2.45, 2.75) is 24.3 Å². The molecule has 4 N–H and O–H groups in total. The first-order chi connectivity index (χ1) is 7.26. The minimum atomic E-state index is 0.252. The first-order valence-electron chi connectivity index (χ1n) is 4.90. The molecule has 0 aromatic carbocycles. The molecule has 1 aromatic heterocycles. The van der Waals surface area contributed by atoms with Gasteiger partial charge in [0.15, 0.2) is 0 Å². The van der Waals surface area contributed by atoms with E-state index in [4.69, 9.17) is 10.9 Å². The van der Waals surface area contributed by atoms with Crippen LogP contribution in [0.15, 0.2) is 18.3 Å². The predicted molar refractivity (Wildman–Crippen MR) is 64.5 cm³/mol. The van der Waals surface area contributed by atoms with Crippen molar-refractivity contribution in [3.63, 3.8) is 0 Å². The zero-order chi connectivity index (χ0) is 11.1. The monoisotopic (exact) mass is 227 g/mol. The highest BCUT2D eigenvalue weighted by atomic mass is 32.2. The zero-order valence-electron chi connectivity index (χ0n) is 8.81. The molecule has 15 heavy (non-hydrogen) atoms. The third-order valence-corrected chi connectivity index (χ3v) is 3.35. The number of hydrogen-bond donors (Lipinski definition) is 3. The summed E-state index contributed by atoms with van der Waals surface area (Å²) in [5.74, 6) is 6.81. The fourth-order valence-electron chi connectivity index (χ4n) is 1.10. The lowest BCUT2D eigenvalue weighted by molar-refractivity contribution is 0.289. The van der Waals surface area contributed by atoms with Crippen LogP contribution in [0.3, 0.4) is 0 Å². The minimum Gasteiger partial charge on any atom is -0.396 e. The SMILES string of the molecule is CC(CCO)SCc1ccc(NN)nc1. The van der Waals surface area contributed by atoms with Crippen LogP contribution >= 0.6 is 11.8 Å². The number of nitrogens with one attached hydrogen (secondary N) is 1. The van der Waals surface area contributed by atoms with Crippen molar-refractivity contribution >= 4 is 17.6 Å². The lowest BCUT2D eigenvalue weighted by atomic mass is 10.3. The fourth-order valence-corrected chi connectivity index (χ4v) is 2.02. The van der Waals surface area contributed by atoms with Crippen molar-refractivity contribution < 1.29 is 5.11 Å². The van der Waals surface area contributed by atoms with Crippen LogP contribution in [0, 0.1) is 0 Å². The van der Waals surface area contributed by atoms with E-state index in [1.54, 1.807) is 0 Å². The summed E-state index contributed by atoms with van der Waals surface area (Å²) in [5, 5.41) is 9.23. The van der Waals surface area contributed by atoms with E-state index in [2.05, 4.69) is 17.3 Å². The summed E-state index contributed by atoms with van der Waals surface area (Å²) in [4.78, 5) is 4.12. The van der Waals surface area contributed by atoms with Crippen LogP contribution in [0.5, 0.6) is 0 Å². The second-order valence-electron chi connectivity index (χ2n) is 3.33. The lowest BCUT2D eigenvalue weighted by Gasteiger charge is -2.09. The Bertz CT molecular complexity index is 279. The lowest BCUT2D eigenvalue weighted by Crippen LogP contribution is -2.08. The molecular weight excluding hydrogens is 210 g/mol. The van der Waals surface area contributed by atoms with E-state index in [0.29, 0.717) is 11.1 Å². The van der Waals surface area contributed by atoms with Gasteiger partial charge in [-0.2, -0.15) is 11.8 Å². The van der Waals surface area contributed by atoms with Crippen molar-refractivity contribution in [3.8, 4) is 0 Å². The summed E-state index contributed by atoms with van der Waals surface area (Å²) in [5.41, 5.74) is 3.66. The third-order valence-electron chi connectivity index (χ3n) is 2.04. The largest absolute Gasteiger partial charge is 0.396 e. The van der Waals surface area contributed by atoms with Gasteiger partial charge in [0, 0.05) is 23.8 Å². The van der Waals surface area contributed by atoms with Crippen LogP contribution in [0.4, 0.5) is 5.82 Å². The van der Waals surface area contributed by atoms with Crippen molar-refractivity contribution in [2.24, 2.45) is 5.84 Å². The molecule has 0 aliphatic carbocycles. The van der Waals surface area contributed by atoms with Gasteiger partial charge in [0.1, 0.15) is 5.82 Å². The number of nitrogens with two attached hydrogens (primary N) is 1. The highest BCUT2D eigenvalue weighted by molar-refractivity contribution is 7.99. The van der Waals surface area contributed by atoms with Crippen molar-refractivity contribution in [2.75, 3.05) is 12.0 Å². The Morgan fingerprint density at radius 3 is 2.93 bits per heavy atom. The summed E-state index contributed by atoms with van der Waals surface area (Å²) in [7, 11) is 0. The van der Waals surface area contributed by atoms with Crippen molar-refractivity contribution in [3.05, 3.63) is 23.9 Å². The first kappa shape index (κ1) is 12.3. The van der Waals surface area contributed by atoms with E-state index in [1.165, 1.54) is 5.56 Å². The van der Waals surface area contributed by atoms with E-state index in [0.717, 1.165) is 12.2 Å². The molecule has 1 aromatic rings. The Hall–Kier alpha value is -0.780. The quantitative estimate of drug-likeness (QED) is 0.506. The molecule has 1 rings (SSSR count). The number of nitrogens with zero attached hydrogens (tertiary/aromatic N) is 1. The molecule has 84 valence electrons. The zero-order valence-corrected chi connectivity index (χ0v) is 9.63. The van der Waals surface area contributed by atoms with Gasteiger partial charge in [0.2, 0.25) is 0 Å². The fraction of sp³-hybridized carbons (Fsp3) is 0.500. The number of hydrazine groups is 1. The Morgan fingerprint density at radius 2 is 2.40 bits per heavy atom. The Labute approximate surface area is 94.3 Å². The molecule has 0 spiro atoms. The molecule has 0 bridgehead atoms. The number of nitrogen functional groups attached to an aromatic ring is 1. The van der Waals surface area contributed by atoms with Crippen LogP contribution in [-0.2, 0) is 5.75 Å². The molecule has 5 heteroatoms. The summed E-state index contributed by atoms with van der Waals surface area (Å²) in [6, 6.07) is 3.85. The molecule has 0 aliphatic heterocycles. The smallest absolute Gasteiger partial charge is 0.139 e. The van der Waals surface area contributed by atoms with Gasteiger partial charge in [-0.3, -0.25) is 0 Å². The summed E-state index contributed by atoms with van der Waals surface area (Å²) >= 11 is 1.82. The van der Waals surface area contributed by atoms with E-state index in [9.17, 15) is 0 Å². The van der Waals surface area contributed by atoms with Crippen molar-refractivity contribution in [1.82, 2.24) is 4.98 Å². The molecule has 1 unspecified atom stereocenters. The predicted octanol–water partition coefficient (Wildman–Crippen LogP) is 1.37. The van der Waals surface area contributed by atoms with Gasteiger partial charge in [0.25, 0.3) is 0 Å². The molecule has 0 fully saturated rings. The van der Waals surface area contributed by atoms with Gasteiger partial charge in [-0.25, -0.2) is 10.8 Å². The van der Waals surface area contributed by atoms with Crippen LogP contribution in [-0.4, -0.2) is 21.9 Å². The number of rotatable bonds is 6. The third kappa shape index (κ3) is 4.51. The van der Waals surface area contributed by atoms with E-state index in [1.807, 2.05) is 30.1 Å². The summed E-state index contributed by atoms with van der Waals surface area (Å²) < 4.78 is 0. The van der Waals surface area contributed by atoms with Crippen LogP contribution in [0.1, 0.15) is 18.9 Å². The number of anilines is 1. The average molecular weight is 227 g/mol. The van der Waals surface area contributed by atoms with Gasteiger partial charge in [0.05, 0.1) is 0 Å². The molecule has 1 heterocycles. The molecular formula is C10H17N3OS. The van der Waals surface area contributed by atoms with E-state index < -0.39 is 0 Å². The number of thioether (sulfide) groups is 1. The van der Waals surface area contributed by atoms with Gasteiger partial charge >= 0.3 is 0 Å². The van der Waals surface area contributed by atoms with E-state index >= 15 is 0 Å².